The minimum absolute atomic E-state index is 0.129. The van der Waals surface area contributed by atoms with Crippen LogP contribution in [-0.4, -0.2) is 45.7 Å². The number of nitrogens with zero attached hydrogens (tertiary/aromatic N) is 1. The zero-order chi connectivity index (χ0) is 14.3. The fourth-order valence-corrected chi connectivity index (χ4v) is 3.04. The highest BCUT2D eigenvalue weighted by atomic mass is 16.4. The van der Waals surface area contributed by atoms with Gasteiger partial charge in [-0.3, -0.25) is 4.79 Å². The summed E-state index contributed by atoms with van der Waals surface area (Å²) in [7, 11) is 0. The molecule has 2 aliphatic rings. The number of hydrogen-bond acceptors (Lipinski definition) is 3. The number of aliphatic hydroxyl groups excluding tert-OH is 1. The van der Waals surface area contributed by atoms with Gasteiger partial charge < -0.3 is 15.1 Å². The predicted molar refractivity (Wildman–Crippen MR) is 71.1 cm³/mol. The molecule has 106 valence electrons. The summed E-state index contributed by atoms with van der Waals surface area (Å²) in [5, 5.41) is 18.7. The van der Waals surface area contributed by atoms with Crippen molar-refractivity contribution in [2.24, 2.45) is 5.92 Å². The summed E-state index contributed by atoms with van der Waals surface area (Å²) >= 11 is 0. The SMILES string of the molecule is O=C(O)[C@@H]1C[C@@H](O)CN1C(=O)C1CC1c1ccccc1. The maximum atomic E-state index is 12.4. The molecule has 0 spiro atoms. The Morgan fingerprint density at radius 1 is 1.15 bits per heavy atom. The Morgan fingerprint density at radius 2 is 1.85 bits per heavy atom. The van der Waals surface area contributed by atoms with Crippen molar-refractivity contribution in [3.05, 3.63) is 35.9 Å². The molecule has 1 aromatic carbocycles. The average Bonchev–Trinajstić information content (AvgIpc) is 3.14. The first-order chi connectivity index (χ1) is 9.58. The lowest BCUT2D eigenvalue weighted by Crippen LogP contribution is -2.41. The van der Waals surface area contributed by atoms with Crippen LogP contribution in [0, 0.1) is 5.92 Å². The molecule has 1 aliphatic heterocycles. The number of benzene rings is 1. The van der Waals surface area contributed by atoms with E-state index in [2.05, 4.69) is 0 Å². The van der Waals surface area contributed by atoms with Gasteiger partial charge in [0.2, 0.25) is 5.91 Å². The van der Waals surface area contributed by atoms with Crippen molar-refractivity contribution in [2.45, 2.75) is 30.9 Å². The highest BCUT2D eigenvalue weighted by Crippen LogP contribution is 2.49. The number of carboxylic acids is 1. The molecule has 1 amide bonds. The van der Waals surface area contributed by atoms with Gasteiger partial charge in [-0.05, 0) is 17.9 Å². The smallest absolute Gasteiger partial charge is 0.326 e. The zero-order valence-corrected chi connectivity index (χ0v) is 11.0. The van der Waals surface area contributed by atoms with Gasteiger partial charge in [0.05, 0.1) is 6.10 Å². The summed E-state index contributed by atoms with van der Waals surface area (Å²) in [5.74, 6) is -1.12. The van der Waals surface area contributed by atoms with E-state index in [0.717, 1.165) is 12.0 Å². The van der Waals surface area contributed by atoms with E-state index >= 15 is 0 Å². The molecule has 0 aromatic heterocycles. The van der Waals surface area contributed by atoms with Gasteiger partial charge in [-0.2, -0.15) is 0 Å². The van der Waals surface area contributed by atoms with Crippen molar-refractivity contribution in [2.75, 3.05) is 6.54 Å². The van der Waals surface area contributed by atoms with Crippen molar-refractivity contribution >= 4 is 11.9 Å². The third-order valence-electron chi connectivity index (χ3n) is 4.18. The number of aliphatic hydroxyl groups is 1. The summed E-state index contributed by atoms with van der Waals surface area (Å²) in [6, 6.07) is 8.91. The molecular weight excluding hydrogens is 258 g/mol. The first kappa shape index (κ1) is 13.1. The molecule has 1 saturated heterocycles. The van der Waals surface area contributed by atoms with Crippen LogP contribution in [0.2, 0.25) is 0 Å². The van der Waals surface area contributed by atoms with Gasteiger partial charge in [-0.15, -0.1) is 0 Å². The van der Waals surface area contributed by atoms with Crippen molar-refractivity contribution in [1.82, 2.24) is 4.90 Å². The van der Waals surface area contributed by atoms with E-state index in [9.17, 15) is 14.7 Å². The number of carboxylic acid groups (broad SMARTS) is 1. The van der Waals surface area contributed by atoms with Crippen LogP contribution < -0.4 is 0 Å². The summed E-state index contributed by atoms with van der Waals surface area (Å²) < 4.78 is 0. The number of carbonyl (C=O) groups is 2. The van der Waals surface area contributed by atoms with E-state index in [1.807, 2.05) is 30.3 Å². The largest absolute Gasteiger partial charge is 0.480 e. The quantitative estimate of drug-likeness (QED) is 0.856. The second kappa shape index (κ2) is 4.90. The predicted octanol–water partition coefficient (Wildman–Crippen LogP) is 0.836. The number of likely N-dealkylation sites (tertiary alicyclic amines) is 1. The van der Waals surface area contributed by atoms with E-state index in [-0.39, 0.29) is 30.7 Å². The second-order valence-corrected chi connectivity index (χ2v) is 5.59. The summed E-state index contributed by atoms with van der Waals surface area (Å²) in [6.07, 6.45) is 0.167. The lowest BCUT2D eigenvalue weighted by molar-refractivity contribution is -0.148. The summed E-state index contributed by atoms with van der Waals surface area (Å²) in [4.78, 5) is 24.9. The molecular formula is C15H17NO4. The third-order valence-corrected chi connectivity index (χ3v) is 4.18. The minimum Gasteiger partial charge on any atom is -0.480 e. The molecule has 0 radical (unpaired) electrons. The van der Waals surface area contributed by atoms with Crippen LogP contribution in [0.4, 0.5) is 0 Å². The second-order valence-electron chi connectivity index (χ2n) is 5.59. The van der Waals surface area contributed by atoms with E-state index in [1.54, 1.807) is 0 Å². The Balaban J connectivity index is 1.70. The molecule has 2 N–H and O–H groups in total. The highest BCUT2D eigenvalue weighted by molar-refractivity contribution is 5.88. The van der Waals surface area contributed by atoms with Crippen LogP contribution in [0.15, 0.2) is 30.3 Å². The maximum absolute atomic E-state index is 12.4. The number of aliphatic carboxylic acids is 1. The van der Waals surface area contributed by atoms with Crippen LogP contribution in [0.3, 0.4) is 0 Å². The van der Waals surface area contributed by atoms with E-state index in [1.165, 1.54) is 4.90 Å². The number of amides is 1. The maximum Gasteiger partial charge on any atom is 0.326 e. The Kier molecular flexibility index (Phi) is 3.22. The minimum atomic E-state index is -1.04. The van der Waals surface area contributed by atoms with Gasteiger partial charge in [-0.25, -0.2) is 4.79 Å². The Morgan fingerprint density at radius 3 is 2.50 bits per heavy atom. The third kappa shape index (κ3) is 2.29. The Bertz CT molecular complexity index is 530. The monoisotopic (exact) mass is 275 g/mol. The number of hydrogen-bond donors (Lipinski definition) is 2. The van der Waals surface area contributed by atoms with Gasteiger partial charge in [0.15, 0.2) is 0 Å². The van der Waals surface area contributed by atoms with Gasteiger partial charge in [-0.1, -0.05) is 30.3 Å². The van der Waals surface area contributed by atoms with E-state index in [4.69, 9.17) is 5.11 Å². The molecule has 20 heavy (non-hydrogen) atoms. The molecule has 5 nitrogen and oxygen atoms in total. The zero-order valence-electron chi connectivity index (χ0n) is 11.0. The van der Waals surface area contributed by atoms with Gasteiger partial charge in [0.1, 0.15) is 6.04 Å². The Hall–Kier alpha value is -1.88. The van der Waals surface area contributed by atoms with E-state index < -0.39 is 18.1 Å². The van der Waals surface area contributed by atoms with Gasteiger partial charge in [0, 0.05) is 18.9 Å². The molecule has 3 rings (SSSR count). The van der Waals surface area contributed by atoms with Crippen LogP contribution in [0.1, 0.15) is 24.3 Å². The molecule has 1 aliphatic carbocycles. The summed E-state index contributed by atoms with van der Waals surface area (Å²) in [6.45, 7) is 0.133. The standard InChI is InChI=1S/C15H17NO4/c17-10-6-13(15(19)20)16(8-10)14(18)12-7-11(12)9-4-2-1-3-5-9/h1-5,10-13,17H,6-8H2,(H,19,20)/t10-,11?,12?,13+/m1/s1. The van der Waals surface area contributed by atoms with Crippen LogP contribution in [0.25, 0.3) is 0 Å². The van der Waals surface area contributed by atoms with Crippen LogP contribution >= 0.6 is 0 Å². The van der Waals surface area contributed by atoms with Crippen molar-refractivity contribution in [3.8, 4) is 0 Å². The summed E-state index contributed by atoms with van der Waals surface area (Å²) in [5.41, 5.74) is 1.12. The molecule has 0 bridgehead atoms. The van der Waals surface area contributed by atoms with E-state index in [0.29, 0.717) is 0 Å². The van der Waals surface area contributed by atoms with Crippen molar-refractivity contribution in [1.29, 1.82) is 0 Å². The first-order valence-corrected chi connectivity index (χ1v) is 6.84. The van der Waals surface area contributed by atoms with Crippen molar-refractivity contribution < 1.29 is 19.8 Å². The molecule has 2 unspecified atom stereocenters. The lowest BCUT2D eigenvalue weighted by Gasteiger charge is -2.21. The number of β-amino-alcohol motifs (C(OH)–C–C–N with tert-alkyl or cyclic N) is 1. The molecule has 1 heterocycles. The van der Waals surface area contributed by atoms with Crippen LogP contribution in [0.5, 0.6) is 0 Å². The lowest BCUT2D eigenvalue weighted by atomic mass is 10.1. The number of rotatable bonds is 3. The highest BCUT2D eigenvalue weighted by Gasteiger charge is 2.49. The normalized spacial score (nSPS) is 32.1. The molecule has 1 saturated carbocycles. The molecule has 2 fully saturated rings. The fraction of sp³-hybridized carbons (Fsp3) is 0.467. The number of carbonyl (C=O) groups excluding carboxylic acids is 1. The van der Waals surface area contributed by atoms with Crippen LogP contribution in [-0.2, 0) is 9.59 Å². The van der Waals surface area contributed by atoms with Crippen molar-refractivity contribution in [3.63, 3.8) is 0 Å². The van der Waals surface area contributed by atoms with Gasteiger partial charge >= 0.3 is 5.97 Å². The topological polar surface area (TPSA) is 77.8 Å². The molecule has 5 heteroatoms. The molecule has 4 atom stereocenters. The Labute approximate surface area is 116 Å². The van der Waals surface area contributed by atoms with Gasteiger partial charge in [0.25, 0.3) is 0 Å². The average molecular weight is 275 g/mol. The fourth-order valence-electron chi connectivity index (χ4n) is 3.04. The first-order valence-electron chi connectivity index (χ1n) is 6.84. The molecule has 1 aromatic rings.